The largest absolute Gasteiger partial charge is 0.392 e. The van der Waals surface area contributed by atoms with Crippen LogP contribution in [-0.2, 0) is 4.74 Å². The molecule has 3 unspecified atom stereocenters. The van der Waals surface area contributed by atoms with E-state index in [2.05, 4.69) is 10.1 Å². The fraction of sp³-hybridized carbons (Fsp3) is 0.833. The molecule has 3 atom stereocenters. The molecule has 1 heterocycles. The summed E-state index contributed by atoms with van der Waals surface area (Å²) in [5.41, 5.74) is 0. The minimum Gasteiger partial charge on any atom is -0.392 e. The maximum Gasteiger partial charge on any atom is 0.232 e. The van der Waals surface area contributed by atoms with E-state index in [9.17, 15) is 5.11 Å². The van der Waals surface area contributed by atoms with Gasteiger partial charge >= 0.3 is 0 Å². The third kappa shape index (κ3) is 2.66. The van der Waals surface area contributed by atoms with Crippen molar-refractivity contribution < 1.29 is 14.4 Å². The van der Waals surface area contributed by atoms with E-state index in [1.54, 1.807) is 7.11 Å². The van der Waals surface area contributed by atoms with Gasteiger partial charge in [0.1, 0.15) is 6.10 Å². The van der Waals surface area contributed by atoms with Crippen molar-refractivity contribution in [3.63, 3.8) is 0 Å². The van der Waals surface area contributed by atoms with Crippen molar-refractivity contribution in [3.8, 4) is 0 Å². The molecule has 1 saturated carbocycles. The van der Waals surface area contributed by atoms with Crippen molar-refractivity contribution in [1.82, 2.24) is 10.1 Å². The van der Waals surface area contributed by atoms with Crippen molar-refractivity contribution >= 4 is 0 Å². The quantitative estimate of drug-likeness (QED) is 0.873. The molecule has 0 aromatic carbocycles. The first-order chi connectivity index (χ1) is 8.26. The van der Waals surface area contributed by atoms with Crippen LogP contribution >= 0.6 is 0 Å². The Kier molecular flexibility index (Phi) is 4.12. The summed E-state index contributed by atoms with van der Waals surface area (Å²) in [6.07, 6.45) is 4.28. The molecule has 0 bridgehead atoms. The molecular weight excluding hydrogens is 220 g/mol. The molecule has 0 radical (unpaired) electrons. The van der Waals surface area contributed by atoms with E-state index >= 15 is 0 Å². The minimum atomic E-state index is -0.348. The SMILES string of the molecule is CCC(OC)c1noc(C2CCCCC2O)n1. The first-order valence-electron chi connectivity index (χ1n) is 6.30. The zero-order chi connectivity index (χ0) is 12.3. The van der Waals surface area contributed by atoms with Crippen LogP contribution in [0.5, 0.6) is 0 Å². The van der Waals surface area contributed by atoms with Crippen molar-refractivity contribution in [1.29, 1.82) is 0 Å². The average molecular weight is 240 g/mol. The van der Waals surface area contributed by atoms with Crippen molar-refractivity contribution in [2.75, 3.05) is 7.11 Å². The monoisotopic (exact) mass is 240 g/mol. The summed E-state index contributed by atoms with van der Waals surface area (Å²) in [6.45, 7) is 2.01. The number of aliphatic hydroxyl groups is 1. The molecule has 1 aliphatic rings. The molecule has 5 nitrogen and oxygen atoms in total. The predicted molar refractivity (Wildman–Crippen MR) is 61.6 cm³/mol. The first kappa shape index (κ1) is 12.5. The van der Waals surface area contributed by atoms with Crippen LogP contribution in [0.15, 0.2) is 4.52 Å². The summed E-state index contributed by atoms with van der Waals surface area (Å²) < 4.78 is 10.5. The molecule has 1 aromatic heterocycles. The van der Waals surface area contributed by atoms with Gasteiger partial charge in [-0.1, -0.05) is 24.9 Å². The maximum atomic E-state index is 9.93. The van der Waals surface area contributed by atoms with Gasteiger partial charge in [-0.2, -0.15) is 4.98 Å². The second-order valence-corrected chi connectivity index (χ2v) is 4.58. The van der Waals surface area contributed by atoms with E-state index in [0.717, 1.165) is 32.1 Å². The normalized spacial score (nSPS) is 27.0. The highest BCUT2D eigenvalue weighted by Crippen LogP contribution is 2.32. The lowest BCUT2D eigenvalue weighted by atomic mass is 9.86. The molecule has 5 heteroatoms. The van der Waals surface area contributed by atoms with Crippen LogP contribution < -0.4 is 0 Å². The van der Waals surface area contributed by atoms with Crippen LogP contribution in [0.2, 0.25) is 0 Å². The van der Waals surface area contributed by atoms with Crippen molar-refractivity contribution in [2.24, 2.45) is 0 Å². The second-order valence-electron chi connectivity index (χ2n) is 4.58. The lowest BCUT2D eigenvalue weighted by Gasteiger charge is -2.24. The molecule has 1 aliphatic carbocycles. The molecule has 0 aliphatic heterocycles. The Morgan fingerprint density at radius 3 is 2.88 bits per heavy atom. The number of methoxy groups -OCH3 is 1. The number of hydrogen-bond donors (Lipinski definition) is 1. The molecule has 0 amide bonds. The number of ether oxygens (including phenoxy) is 1. The fourth-order valence-corrected chi connectivity index (χ4v) is 2.38. The molecule has 1 aromatic rings. The van der Waals surface area contributed by atoms with E-state index in [1.807, 2.05) is 6.92 Å². The number of nitrogens with zero attached hydrogens (tertiary/aromatic N) is 2. The van der Waals surface area contributed by atoms with Gasteiger partial charge in [-0.25, -0.2) is 0 Å². The maximum absolute atomic E-state index is 9.93. The zero-order valence-corrected chi connectivity index (χ0v) is 10.4. The number of hydrogen-bond acceptors (Lipinski definition) is 5. The van der Waals surface area contributed by atoms with Crippen LogP contribution in [0.4, 0.5) is 0 Å². The Hall–Kier alpha value is -0.940. The highest BCUT2D eigenvalue weighted by molar-refractivity contribution is 5.00. The van der Waals surface area contributed by atoms with Crippen LogP contribution in [0, 0.1) is 0 Å². The number of aliphatic hydroxyl groups excluding tert-OH is 1. The average Bonchev–Trinajstić information content (AvgIpc) is 2.81. The second kappa shape index (κ2) is 5.60. The van der Waals surface area contributed by atoms with E-state index in [4.69, 9.17) is 9.26 Å². The third-order valence-electron chi connectivity index (χ3n) is 3.45. The van der Waals surface area contributed by atoms with Gasteiger partial charge in [0.2, 0.25) is 11.7 Å². The summed E-state index contributed by atoms with van der Waals surface area (Å²) >= 11 is 0. The van der Waals surface area contributed by atoms with Gasteiger partial charge in [0, 0.05) is 7.11 Å². The van der Waals surface area contributed by atoms with Crippen LogP contribution in [0.1, 0.15) is 62.8 Å². The Morgan fingerprint density at radius 1 is 1.47 bits per heavy atom. The number of aromatic nitrogens is 2. The third-order valence-corrected chi connectivity index (χ3v) is 3.45. The molecule has 1 N–H and O–H groups in total. The van der Waals surface area contributed by atoms with Crippen LogP contribution in [-0.4, -0.2) is 28.5 Å². The molecule has 17 heavy (non-hydrogen) atoms. The van der Waals surface area contributed by atoms with E-state index in [1.165, 1.54) is 0 Å². The van der Waals surface area contributed by atoms with Gasteiger partial charge in [-0.3, -0.25) is 0 Å². The van der Waals surface area contributed by atoms with E-state index < -0.39 is 0 Å². The molecule has 0 spiro atoms. The standard InChI is InChI=1S/C12H20N2O3/c1-3-10(16-2)11-13-12(17-14-11)8-6-4-5-7-9(8)15/h8-10,15H,3-7H2,1-2H3. The summed E-state index contributed by atoms with van der Waals surface area (Å²) in [4.78, 5) is 4.36. The van der Waals surface area contributed by atoms with Crippen molar-refractivity contribution in [2.45, 2.75) is 57.2 Å². The zero-order valence-electron chi connectivity index (χ0n) is 10.4. The van der Waals surface area contributed by atoms with Gasteiger partial charge < -0.3 is 14.4 Å². The topological polar surface area (TPSA) is 68.4 Å². The van der Waals surface area contributed by atoms with Crippen molar-refractivity contribution in [3.05, 3.63) is 11.7 Å². The summed E-state index contributed by atoms with van der Waals surface area (Å²) in [5, 5.41) is 13.9. The Labute approximate surface area is 101 Å². The summed E-state index contributed by atoms with van der Waals surface area (Å²) in [5.74, 6) is 1.14. The van der Waals surface area contributed by atoms with Gasteiger partial charge in [0.25, 0.3) is 0 Å². The van der Waals surface area contributed by atoms with Gasteiger partial charge in [-0.05, 0) is 19.3 Å². The van der Waals surface area contributed by atoms with Crippen LogP contribution in [0.3, 0.4) is 0 Å². The Bertz CT molecular complexity index is 349. The molecular formula is C12H20N2O3. The van der Waals surface area contributed by atoms with Gasteiger partial charge in [-0.15, -0.1) is 0 Å². The summed E-state index contributed by atoms with van der Waals surface area (Å²) in [7, 11) is 1.64. The highest BCUT2D eigenvalue weighted by Gasteiger charge is 2.30. The first-order valence-corrected chi connectivity index (χ1v) is 6.30. The van der Waals surface area contributed by atoms with E-state index in [-0.39, 0.29) is 18.1 Å². The minimum absolute atomic E-state index is 0.000591. The lowest BCUT2D eigenvalue weighted by Crippen LogP contribution is -2.22. The van der Waals surface area contributed by atoms with Crippen LogP contribution in [0.25, 0.3) is 0 Å². The smallest absolute Gasteiger partial charge is 0.232 e. The number of rotatable bonds is 4. The van der Waals surface area contributed by atoms with Gasteiger partial charge in [0.15, 0.2) is 0 Å². The highest BCUT2D eigenvalue weighted by atomic mass is 16.5. The van der Waals surface area contributed by atoms with Gasteiger partial charge in [0.05, 0.1) is 12.0 Å². The molecule has 2 rings (SSSR count). The molecule has 96 valence electrons. The predicted octanol–water partition coefficient (Wildman–Crippen LogP) is 2.19. The Balaban J connectivity index is 2.11. The molecule has 0 saturated heterocycles. The van der Waals surface area contributed by atoms with E-state index in [0.29, 0.717) is 11.7 Å². The fourth-order valence-electron chi connectivity index (χ4n) is 2.38. The summed E-state index contributed by atoms with van der Waals surface area (Å²) in [6, 6.07) is 0. The molecule has 1 fully saturated rings. The Morgan fingerprint density at radius 2 is 2.24 bits per heavy atom. The lowest BCUT2D eigenvalue weighted by molar-refractivity contribution is 0.0888.